The summed E-state index contributed by atoms with van der Waals surface area (Å²) in [6.07, 6.45) is 0. The summed E-state index contributed by atoms with van der Waals surface area (Å²) in [7, 11) is 1.77. The topological polar surface area (TPSA) is 49.3 Å². The lowest BCUT2D eigenvalue weighted by Gasteiger charge is -2.13. The van der Waals surface area contributed by atoms with Crippen molar-refractivity contribution in [2.45, 2.75) is 26.9 Å². The molecule has 0 spiro atoms. The summed E-state index contributed by atoms with van der Waals surface area (Å²) in [6, 6.07) is 14.4. The summed E-state index contributed by atoms with van der Waals surface area (Å²) in [6.45, 7) is 5.53. The molecule has 0 saturated heterocycles. The average Bonchev–Trinajstić information content (AvgIpc) is 2.49. The van der Waals surface area contributed by atoms with Gasteiger partial charge in [0.15, 0.2) is 5.96 Å². The maximum absolute atomic E-state index is 4.47. The van der Waals surface area contributed by atoms with Crippen molar-refractivity contribution >= 4 is 29.9 Å². The van der Waals surface area contributed by atoms with E-state index in [1.165, 1.54) is 11.1 Å². The van der Waals surface area contributed by atoms with Crippen molar-refractivity contribution in [2.75, 3.05) is 7.05 Å². The minimum Gasteiger partial charge on any atom is -0.352 e. The van der Waals surface area contributed by atoms with Gasteiger partial charge >= 0.3 is 0 Å². The lowest BCUT2D eigenvalue weighted by molar-refractivity contribution is 0.789. The molecule has 22 heavy (non-hydrogen) atoms. The fraction of sp³-hybridized carbons (Fsp3) is 0.294. The third-order valence-electron chi connectivity index (χ3n) is 3.31. The average molecular weight is 410 g/mol. The van der Waals surface area contributed by atoms with Gasteiger partial charge in [0.2, 0.25) is 0 Å². The smallest absolute Gasteiger partial charge is 0.191 e. The van der Waals surface area contributed by atoms with Gasteiger partial charge in [-0.05, 0) is 37.1 Å². The van der Waals surface area contributed by atoms with Crippen molar-refractivity contribution in [3.63, 3.8) is 0 Å². The van der Waals surface area contributed by atoms with Crippen molar-refractivity contribution in [3.05, 3.63) is 65.0 Å². The van der Waals surface area contributed by atoms with Crippen LogP contribution in [0.4, 0.5) is 0 Å². The van der Waals surface area contributed by atoms with Gasteiger partial charge in [0.05, 0.1) is 12.2 Å². The molecule has 118 valence electrons. The van der Waals surface area contributed by atoms with Gasteiger partial charge in [0, 0.05) is 19.3 Å². The van der Waals surface area contributed by atoms with Crippen molar-refractivity contribution < 1.29 is 0 Å². The number of guanidine groups is 1. The standard InChI is InChI=1S/C17H22N4.HI/c1-13-7-4-5-9-15(13)11-19-17(18-3)20-12-16-10-6-8-14(2)21-16;/h4-10H,11-12H2,1-3H3,(H2,18,19,20);1H. The molecule has 0 atom stereocenters. The second kappa shape index (κ2) is 9.40. The molecule has 1 aromatic heterocycles. The Bertz CT molecular complexity index is 626. The molecule has 0 saturated carbocycles. The molecule has 0 amide bonds. The van der Waals surface area contributed by atoms with Crippen LogP contribution in [0.1, 0.15) is 22.5 Å². The van der Waals surface area contributed by atoms with E-state index < -0.39 is 0 Å². The van der Waals surface area contributed by atoms with E-state index in [2.05, 4.69) is 51.8 Å². The van der Waals surface area contributed by atoms with Gasteiger partial charge in [-0.15, -0.1) is 24.0 Å². The molecular weight excluding hydrogens is 387 g/mol. The number of pyridine rings is 1. The fourth-order valence-corrected chi connectivity index (χ4v) is 2.08. The molecule has 2 aromatic rings. The lowest BCUT2D eigenvalue weighted by Crippen LogP contribution is -2.36. The number of nitrogens with zero attached hydrogens (tertiary/aromatic N) is 2. The number of nitrogens with one attached hydrogen (secondary N) is 2. The van der Waals surface area contributed by atoms with E-state index in [9.17, 15) is 0 Å². The molecule has 0 aliphatic rings. The number of halogens is 1. The Morgan fingerprint density at radius 2 is 1.73 bits per heavy atom. The number of aromatic nitrogens is 1. The number of aryl methyl sites for hydroxylation is 2. The van der Waals surface area contributed by atoms with Gasteiger partial charge in [-0.25, -0.2) is 0 Å². The van der Waals surface area contributed by atoms with E-state index in [1.807, 2.05) is 25.1 Å². The van der Waals surface area contributed by atoms with Crippen LogP contribution in [0.3, 0.4) is 0 Å². The second-order valence-electron chi connectivity index (χ2n) is 4.98. The molecule has 2 N–H and O–H groups in total. The SMILES string of the molecule is CN=C(NCc1cccc(C)n1)NCc1ccccc1C.I. The Kier molecular flexibility index (Phi) is 7.87. The van der Waals surface area contributed by atoms with Gasteiger partial charge in [0.1, 0.15) is 0 Å². The first-order chi connectivity index (χ1) is 10.2. The van der Waals surface area contributed by atoms with Crippen LogP contribution >= 0.6 is 24.0 Å². The van der Waals surface area contributed by atoms with E-state index in [-0.39, 0.29) is 24.0 Å². The zero-order valence-electron chi connectivity index (χ0n) is 13.3. The first kappa shape index (κ1) is 18.4. The van der Waals surface area contributed by atoms with E-state index >= 15 is 0 Å². The van der Waals surface area contributed by atoms with Crippen LogP contribution in [0.15, 0.2) is 47.5 Å². The second-order valence-corrected chi connectivity index (χ2v) is 4.98. The van der Waals surface area contributed by atoms with Gasteiger partial charge in [0.25, 0.3) is 0 Å². The van der Waals surface area contributed by atoms with Crippen LogP contribution < -0.4 is 10.6 Å². The molecule has 0 unspecified atom stereocenters. The van der Waals surface area contributed by atoms with Crippen LogP contribution in [0.25, 0.3) is 0 Å². The number of hydrogen-bond donors (Lipinski definition) is 2. The Hall–Kier alpha value is -1.63. The Morgan fingerprint density at radius 3 is 2.41 bits per heavy atom. The first-order valence-corrected chi connectivity index (χ1v) is 7.10. The quantitative estimate of drug-likeness (QED) is 0.463. The van der Waals surface area contributed by atoms with Crippen LogP contribution in [0.2, 0.25) is 0 Å². The van der Waals surface area contributed by atoms with E-state index in [0.29, 0.717) is 6.54 Å². The number of rotatable bonds is 4. The van der Waals surface area contributed by atoms with Crippen LogP contribution in [-0.4, -0.2) is 18.0 Å². The highest BCUT2D eigenvalue weighted by atomic mass is 127. The van der Waals surface area contributed by atoms with E-state index in [1.54, 1.807) is 7.05 Å². The van der Waals surface area contributed by atoms with Gasteiger partial charge in [-0.2, -0.15) is 0 Å². The molecule has 2 rings (SSSR count). The first-order valence-electron chi connectivity index (χ1n) is 7.10. The maximum atomic E-state index is 4.47. The van der Waals surface area contributed by atoms with E-state index in [0.717, 1.165) is 23.9 Å². The third kappa shape index (κ3) is 5.63. The zero-order valence-corrected chi connectivity index (χ0v) is 15.6. The van der Waals surface area contributed by atoms with Gasteiger partial charge in [-0.1, -0.05) is 30.3 Å². The predicted octanol–water partition coefficient (Wildman–Crippen LogP) is 3.18. The van der Waals surface area contributed by atoms with Crippen molar-refractivity contribution in [3.8, 4) is 0 Å². The maximum Gasteiger partial charge on any atom is 0.191 e. The number of hydrogen-bond acceptors (Lipinski definition) is 2. The molecule has 1 aromatic carbocycles. The highest BCUT2D eigenvalue weighted by molar-refractivity contribution is 14.0. The molecule has 0 aliphatic heterocycles. The lowest BCUT2D eigenvalue weighted by atomic mass is 10.1. The molecule has 0 radical (unpaired) electrons. The van der Waals surface area contributed by atoms with Gasteiger partial charge < -0.3 is 10.6 Å². The number of aliphatic imine (C=N–C) groups is 1. The predicted molar refractivity (Wildman–Crippen MR) is 103 cm³/mol. The fourth-order valence-electron chi connectivity index (χ4n) is 2.08. The molecule has 0 fully saturated rings. The largest absolute Gasteiger partial charge is 0.352 e. The molecular formula is C17H23IN4. The number of benzene rings is 1. The molecule has 0 bridgehead atoms. The summed E-state index contributed by atoms with van der Waals surface area (Å²) in [4.78, 5) is 8.70. The van der Waals surface area contributed by atoms with Crippen molar-refractivity contribution in [2.24, 2.45) is 4.99 Å². The minimum atomic E-state index is 0. The summed E-state index contributed by atoms with van der Waals surface area (Å²) in [5.41, 5.74) is 4.58. The monoisotopic (exact) mass is 410 g/mol. The van der Waals surface area contributed by atoms with Crippen LogP contribution in [-0.2, 0) is 13.1 Å². The molecule has 1 heterocycles. The zero-order chi connectivity index (χ0) is 15.1. The Balaban J connectivity index is 0.00000242. The van der Waals surface area contributed by atoms with Crippen LogP contribution in [0, 0.1) is 13.8 Å². The third-order valence-corrected chi connectivity index (χ3v) is 3.31. The van der Waals surface area contributed by atoms with Crippen molar-refractivity contribution in [1.29, 1.82) is 0 Å². The van der Waals surface area contributed by atoms with E-state index in [4.69, 9.17) is 0 Å². The Labute approximate surface area is 149 Å². The van der Waals surface area contributed by atoms with Gasteiger partial charge in [-0.3, -0.25) is 9.98 Å². The summed E-state index contributed by atoms with van der Waals surface area (Å²) >= 11 is 0. The molecule has 0 aliphatic carbocycles. The molecule has 5 heteroatoms. The highest BCUT2D eigenvalue weighted by Crippen LogP contribution is 2.06. The minimum absolute atomic E-state index is 0. The normalized spacial score (nSPS) is 10.8. The van der Waals surface area contributed by atoms with Crippen molar-refractivity contribution in [1.82, 2.24) is 15.6 Å². The van der Waals surface area contributed by atoms with Crippen LogP contribution in [0.5, 0.6) is 0 Å². The molecule has 4 nitrogen and oxygen atoms in total. The summed E-state index contributed by atoms with van der Waals surface area (Å²) in [5.74, 6) is 0.779. The Morgan fingerprint density at radius 1 is 1.00 bits per heavy atom. The summed E-state index contributed by atoms with van der Waals surface area (Å²) in [5, 5.41) is 6.60. The summed E-state index contributed by atoms with van der Waals surface area (Å²) < 4.78 is 0. The highest BCUT2D eigenvalue weighted by Gasteiger charge is 2.01.